The van der Waals surface area contributed by atoms with Crippen LogP contribution >= 0.6 is 0 Å². The number of carboxylic acids is 1. The first-order valence-corrected chi connectivity index (χ1v) is 3.51. The van der Waals surface area contributed by atoms with Gasteiger partial charge in [-0.05, 0) is 6.92 Å². The zero-order valence-corrected chi connectivity index (χ0v) is 7.10. The number of carbonyl (C=O) groups excluding carboxylic acids is 1. The van der Waals surface area contributed by atoms with Crippen LogP contribution in [0.2, 0.25) is 0 Å². The molecule has 0 saturated carbocycles. The average Bonchev–Trinajstić information content (AvgIpc) is 1.98. The summed E-state index contributed by atoms with van der Waals surface area (Å²) in [5, 5.41) is 8.33. The first kappa shape index (κ1) is 11.9. The lowest BCUT2D eigenvalue weighted by Gasteiger charge is -2.25. The van der Waals surface area contributed by atoms with Gasteiger partial charge in [0.25, 0.3) is 0 Å². The van der Waals surface area contributed by atoms with Gasteiger partial charge in [0.05, 0.1) is 0 Å². The van der Waals surface area contributed by atoms with Crippen LogP contribution in [0, 0.1) is 5.41 Å². The van der Waals surface area contributed by atoms with E-state index in [0.29, 0.717) is 6.92 Å². The van der Waals surface area contributed by atoms with Crippen molar-refractivity contribution in [1.82, 2.24) is 0 Å². The number of alkyl halides is 3. The number of hydrogen-bond donors (Lipinski definition) is 1. The fraction of sp³-hybridized carbons (Fsp3) is 0.714. The standard InChI is InChI=1S/C7H9F3O3/c1-3-4(11)6(2,5(12)13)7(8,9)10/h3H2,1-2H3,(H,12,13). The van der Waals surface area contributed by atoms with E-state index in [4.69, 9.17) is 5.11 Å². The van der Waals surface area contributed by atoms with Crippen molar-refractivity contribution in [2.75, 3.05) is 0 Å². The molecule has 0 spiro atoms. The smallest absolute Gasteiger partial charge is 0.411 e. The third-order valence-electron chi connectivity index (χ3n) is 1.87. The van der Waals surface area contributed by atoms with E-state index in [2.05, 4.69) is 0 Å². The molecule has 0 heterocycles. The van der Waals surface area contributed by atoms with Gasteiger partial charge >= 0.3 is 12.1 Å². The minimum atomic E-state index is -5.05. The van der Waals surface area contributed by atoms with Crippen LogP contribution in [0.3, 0.4) is 0 Å². The molecule has 0 aromatic heterocycles. The van der Waals surface area contributed by atoms with Crippen molar-refractivity contribution in [3.05, 3.63) is 0 Å². The zero-order chi connectivity index (χ0) is 10.9. The van der Waals surface area contributed by atoms with Gasteiger partial charge in [-0.2, -0.15) is 13.2 Å². The van der Waals surface area contributed by atoms with Crippen molar-refractivity contribution in [1.29, 1.82) is 0 Å². The molecular weight excluding hydrogens is 189 g/mol. The van der Waals surface area contributed by atoms with Crippen molar-refractivity contribution in [2.24, 2.45) is 5.41 Å². The van der Waals surface area contributed by atoms with E-state index in [1.165, 1.54) is 6.92 Å². The molecule has 0 radical (unpaired) electrons. The predicted molar refractivity (Wildman–Crippen MR) is 37.1 cm³/mol. The Kier molecular flexibility index (Phi) is 3.08. The summed E-state index contributed by atoms with van der Waals surface area (Å²) in [6.45, 7) is 1.57. The molecule has 0 aromatic carbocycles. The summed E-state index contributed by atoms with van der Waals surface area (Å²) in [5.41, 5.74) is -3.28. The number of ketones is 1. The number of carboxylic acid groups (broad SMARTS) is 1. The highest BCUT2D eigenvalue weighted by Crippen LogP contribution is 2.39. The highest BCUT2D eigenvalue weighted by molar-refractivity contribution is 6.03. The fourth-order valence-corrected chi connectivity index (χ4v) is 0.752. The maximum absolute atomic E-state index is 12.2. The lowest BCUT2D eigenvalue weighted by atomic mass is 9.84. The highest BCUT2D eigenvalue weighted by atomic mass is 19.4. The largest absolute Gasteiger partial charge is 0.480 e. The van der Waals surface area contributed by atoms with Crippen LogP contribution in [-0.4, -0.2) is 23.0 Å². The van der Waals surface area contributed by atoms with Crippen LogP contribution in [0.15, 0.2) is 0 Å². The summed E-state index contributed by atoms with van der Waals surface area (Å²) in [4.78, 5) is 21.1. The summed E-state index contributed by atoms with van der Waals surface area (Å²) in [6, 6.07) is 0. The predicted octanol–water partition coefficient (Wildman–Crippen LogP) is 1.62. The lowest BCUT2D eigenvalue weighted by molar-refractivity contribution is -0.222. The summed E-state index contributed by atoms with van der Waals surface area (Å²) >= 11 is 0. The second kappa shape index (κ2) is 3.35. The molecule has 1 N–H and O–H groups in total. The first-order chi connectivity index (χ1) is 5.67. The number of rotatable bonds is 3. The molecule has 0 aromatic rings. The van der Waals surface area contributed by atoms with Gasteiger partial charge in [0.2, 0.25) is 5.41 Å². The Labute approximate surface area is 72.5 Å². The van der Waals surface area contributed by atoms with E-state index in [-0.39, 0.29) is 0 Å². The normalized spacial score (nSPS) is 16.4. The minimum absolute atomic E-state index is 0.376. The summed E-state index contributed by atoms with van der Waals surface area (Å²) in [6.07, 6.45) is -5.51. The molecule has 1 unspecified atom stereocenters. The first-order valence-electron chi connectivity index (χ1n) is 3.51. The van der Waals surface area contributed by atoms with Gasteiger partial charge in [0.15, 0.2) is 5.78 Å². The number of Topliss-reactive ketones (excluding diaryl/α,β-unsaturated/α-hetero) is 1. The monoisotopic (exact) mass is 198 g/mol. The van der Waals surface area contributed by atoms with Crippen LogP contribution in [0.1, 0.15) is 20.3 Å². The number of aliphatic carboxylic acids is 1. The van der Waals surface area contributed by atoms with Crippen molar-refractivity contribution < 1.29 is 27.9 Å². The lowest BCUT2D eigenvalue weighted by Crippen LogP contribution is -2.48. The third-order valence-corrected chi connectivity index (χ3v) is 1.87. The second-order valence-corrected chi connectivity index (χ2v) is 2.70. The minimum Gasteiger partial charge on any atom is -0.480 e. The highest BCUT2D eigenvalue weighted by Gasteiger charge is 2.61. The molecule has 0 aliphatic rings. The van der Waals surface area contributed by atoms with Crippen molar-refractivity contribution in [2.45, 2.75) is 26.4 Å². The molecule has 76 valence electrons. The molecule has 0 aliphatic heterocycles. The fourth-order valence-electron chi connectivity index (χ4n) is 0.752. The Balaban J connectivity index is 5.20. The Morgan fingerprint density at radius 3 is 1.77 bits per heavy atom. The summed E-state index contributed by atoms with van der Waals surface area (Å²) < 4.78 is 36.6. The second-order valence-electron chi connectivity index (χ2n) is 2.70. The quantitative estimate of drug-likeness (QED) is 0.701. The van der Waals surface area contributed by atoms with E-state index < -0.39 is 29.8 Å². The molecule has 0 saturated heterocycles. The number of hydrogen-bond acceptors (Lipinski definition) is 2. The van der Waals surface area contributed by atoms with Gasteiger partial charge in [-0.3, -0.25) is 9.59 Å². The maximum Gasteiger partial charge on any atom is 0.411 e. The topological polar surface area (TPSA) is 54.4 Å². The van der Waals surface area contributed by atoms with E-state index in [0.717, 1.165) is 0 Å². The molecule has 0 amide bonds. The Morgan fingerprint density at radius 1 is 1.31 bits per heavy atom. The van der Waals surface area contributed by atoms with E-state index in [9.17, 15) is 22.8 Å². The SMILES string of the molecule is CCC(=O)C(C)(C(=O)O)C(F)(F)F. The average molecular weight is 198 g/mol. The van der Waals surface area contributed by atoms with Crippen LogP contribution in [0.25, 0.3) is 0 Å². The maximum atomic E-state index is 12.2. The molecule has 1 atom stereocenters. The number of halogens is 3. The molecule has 3 nitrogen and oxygen atoms in total. The van der Waals surface area contributed by atoms with E-state index >= 15 is 0 Å². The van der Waals surface area contributed by atoms with Crippen molar-refractivity contribution in [3.8, 4) is 0 Å². The molecule has 0 bridgehead atoms. The van der Waals surface area contributed by atoms with Gasteiger partial charge in [-0.1, -0.05) is 6.92 Å². The Hall–Kier alpha value is -1.07. The molecule has 0 fully saturated rings. The molecule has 6 heteroatoms. The Bertz CT molecular complexity index is 234. The summed E-state index contributed by atoms with van der Waals surface area (Å²) in [5.74, 6) is -3.50. The van der Waals surface area contributed by atoms with Gasteiger partial charge in [-0.15, -0.1) is 0 Å². The van der Waals surface area contributed by atoms with Crippen molar-refractivity contribution in [3.63, 3.8) is 0 Å². The van der Waals surface area contributed by atoms with Gasteiger partial charge in [0.1, 0.15) is 0 Å². The van der Waals surface area contributed by atoms with E-state index in [1.807, 2.05) is 0 Å². The van der Waals surface area contributed by atoms with Crippen molar-refractivity contribution >= 4 is 11.8 Å². The number of carbonyl (C=O) groups is 2. The van der Waals surface area contributed by atoms with Gasteiger partial charge in [0, 0.05) is 6.42 Å². The van der Waals surface area contributed by atoms with Crippen LogP contribution < -0.4 is 0 Å². The molecule has 0 aliphatic carbocycles. The van der Waals surface area contributed by atoms with E-state index in [1.54, 1.807) is 0 Å². The van der Waals surface area contributed by atoms with Gasteiger partial charge in [-0.25, -0.2) is 0 Å². The third kappa shape index (κ3) is 1.81. The molecule has 0 rings (SSSR count). The van der Waals surface area contributed by atoms with Crippen LogP contribution in [-0.2, 0) is 9.59 Å². The molecular formula is C7H9F3O3. The Morgan fingerprint density at radius 2 is 1.69 bits per heavy atom. The summed E-state index contributed by atoms with van der Waals surface area (Å²) in [7, 11) is 0. The molecule has 13 heavy (non-hydrogen) atoms. The van der Waals surface area contributed by atoms with Crippen LogP contribution in [0.4, 0.5) is 13.2 Å². The van der Waals surface area contributed by atoms with Gasteiger partial charge < -0.3 is 5.11 Å². The van der Waals surface area contributed by atoms with Crippen LogP contribution in [0.5, 0.6) is 0 Å². The zero-order valence-electron chi connectivity index (χ0n) is 7.10.